The van der Waals surface area contributed by atoms with E-state index in [-0.39, 0.29) is 22.0 Å². The predicted molar refractivity (Wildman–Crippen MR) is 123 cm³/mol. The molecule has 4 rings (SSSR count). The predicted octanol–water partition coefficient (Wildman–Crippen LogP) is 5.50. The highest BCUT2D eigenvalue weighted by molar-refractivity contribution is 6.46. The Labute approximate surface area is 190 Å². The number of hydrogen-bond donors (Lipinski definition) is 1. The van der Waals surface area contributed by atoms with E-state index in [9.17, 15) is 14.0 Å². The van der Waals surface area contributed by atoms with E-state index in [4.69, 9.17) is 16.3 Å². The molecule has 5 nitrogen and oxygen atoms in total. The molecule has 32 heavy (non-hydrogen) atoms. The standard InChI is InChI=1S/C25H20ClFN2O3/c1-14-4-11-21(15(2)12-14)28-23-22(16-5-8-18(32-3)9-6-16)24(30)29(25(23)31)17-7-10-20(27)19(26)13-17/h4-13,28H,1-3H3. The maximum Gasteiger partial charge on any atom is 0.282 e. The zero-order valence-electron chi connectivity index (χ0n) is 17.7. The molecule has 0 saturated heterocycles. The molecule has 162 valence electrons. The Bertz CT molecular complexity index is 1270. The lowest BCUT2D eigenvalue weighted by molar-refractivity contribution is -0.120. The summed E-state index contributed by atoms with van der Waals surface area (Å²) in [6.07, 6.45) is 0. The minimum atomic E-state index is -0.633. The first-order valence-corrected chi connectivity index (χ1v) is 10.2. The van der Waals surface area contributed by atoms with Gasteiger partial charge in [-0.05, 0) is 61.4 Å². The molecule has 1 N–H and O–H groups in total. The third kappa shape index (κ3) is 3.85. The van der Waals surface area contributed by atoms with E-state index < -0.39 is 17.6 Å². The molecular weight excluding hydrogens is 431 g/mol. The van der Waals surface area contributed by atoms with E-state index in [1.807, 2.05) is 32.0 Å². The quantitative estimate of drug-likeness (QED) is 0.521. The molecule has 7 heteroatoms. The van der Waals surface area contributed by atoms with Gasteiger partial charge in [0.15, 0.2) is 0 Å². The van der Waals surface area contributed by atoms with Gasteiger partial charge in [0.1, 0.15) is 17.3 Å². The van der Waals surface area contributed by atoms with E-state index in [1.165, 1.54) is 12.1 Å². The minimum Gasteiger partial charge on any atom is -0.497 e. The van der Waals surface area contributed by atoms with Crippen molar-refractivity contribution in [1.82, 2.24) is 0 Å². The van der Waals surface area contributed by atoms with E-state index in [0.717, 1.165) is 22.1 Å². The first-order valence-electron chi connectivity index (χ1n) is 9.87. The largest absolute Gasteiger partial charge is 0.497 e. The van der Waals surface area contributed by atoms with E-state index in [2.05, 4.69) is 5.32 Å². The summed E-state index contributed by atoms with van der Waals surface area (Å²) in [6.45, 7) is 3.89. The lowest BCUT2D eigenvalue weighted by Crippen LogP contribution is -2.32. The number of benzene rings is 3. The Morgan fingerprint density at radius 1 is 0.938 bits per heavy atom. The van der Waals surface area contributed by atoms with Gasteiger partial charge in [-0.15, -0.1) is 0 Å². The van der Waals surface area contributed by atoms with Crippen molar-refractivity contribution in [3.8, 4) is 5.75 Å². The number of rotatable bonds is 5. The van der Waals surface area contributed by atoms with Gasteiger partial charge >= 0.3 is 0 Å². The summed E-state index contributed by atoms with van der Waals surface area (Å²) in [5.74, 6) is -1.10. The van der Waals surface area contributed by atoms with Crippen LogP contribution in [0, 0.1) is 19.7 Å². The van der Waals surface area contributed by atoms with Crippen LogP contribution in [0.3, 0.4) is 0 Å². The highest BCUT2D eigenvalue weighted by Crippen LogP contribution is 2.36. The zero-order valence-corrected chi connectivity index (χ0v) is 18.5. The summed E-state index contributed by atoms with van der Waals surface area (Å²) in [5, 5.41) is 2.97. The van der Waals surface area contributed by atoms with Gasteiger partial charge in [0.2, 0.25) is 0 Å². The molecule has 0 unspecified atom stereocenters. The topological polar surface area (TPSA) is 58.6 Å². The summed E-state index contributed by atoms with van der Waals surface area (Å²) >= 11 is 5.91. The second-order valence-corrected chi connectivity index (χ2v) is 7.87. The molecule has 0 aliphatic carbocycles. The monoisotopic (exact) mass is 450 g/mol. The first-order chi connectivity index (χ1) is 15.3. The fourth-order valence-corrected chi connectivity index (χ4v) is 3.79. The Hall–Kier alpha value is -3.64. The average molecular weight is 451 g/mol. The lowest BCUT2D eigenvalue weighted by Gasteiger charge is -2.16. The van der Waals surface area contributed by atoms with Crippen molar-refractivity contribution < 1.29 is 18.7 Å². The van der Waals surface area contributed by atoms with Gasteiger partial charge < -0.3 is 10.1 Å². The van der Waals surface area contributed by atoms with Crippen LogP contribution < -0.4 is 15.0 Å². The Kier molecular flexibility index (Phi) is 5.72. The number of hydrogen-bond acceptors (Lipinski definition) is 4. The fraction of sp³-hybridized carbons (Fsp3) is 0.120. The van der Waals surface area contributed by atoms with Crippen molar-refractivity contribution in [2.45, 2.75) is 13.8 Å². The van der Waals surface area contributed by atoms with E-state index in [1.54, 1.807) is 31.4 Å². The number of carbonyl (C=O) groups is 2. The highest BCUT2D eigenvalue weighted by atomic mass is 35.5. The van der Waals surface area contributed by atoms with Gasteiger partial charge in [0, 0.05) is 5.69 Å². The van der Waals surface area contributed by atoms with Gasteiger partial charge in [-0.1, -0.05) is 41.4 Å². The number of methoxy groups -OCH3 is 1. The number of ether oxygens (including phenoxy) is 1. The Morgan fingerprint density at radius 2 is 1.66 bits per heavy atom. The molecule has 0 radical (unpaired) electrons. The second-order valence-electron chi connectivity index (χ2n) is 7.47. The molecule has 0 spiro atoms. The third-order valence-corrected chi connectivity index (χ3v) is 5.56. The van der Waals surface area contributed by atoms with E-state index in [0.29, 0.717) is 17.0 Å². The van der Waals surface area contributed by atoms with Gasteiger partial charge in [-0.25, -0.2) is 9.29 Å². The van der Waals surface area contributed by atoms with Crippen LogP contribution in [0.5, 0.6) is 5.75 Å². The van der Waals surface area contributed by atoms with Crippen molar-refractivity contribution in [2.24, 2.45) is 0 Å². The first kappa shape index (κ1) is 21.6. The molecule has 1 heterocycles. The number of amides is 2. The van der Waals surface area contributed by atoms with Crippen LogP contribution in [0.15, 0.2) is 66.4 Å². The zero-order chi connectivity index (χ0) is 23.0. The number of carbonyl (C=O) groups excluding carboxylic acids is 2. The van der Waals surface area contributed by atoms with Crippen molar-refractivity contribution in [3.05, 3.63) is 93.9 Å². The molecule has 0 fully saturated rings. The molecular formula is C25H20ClFN2O3. The van der Waals surface area contributed by atoms with Crippen LogP contribution in [0.4, 0.5) is 15.8 Å². The van der Waals surface area contributed by atoms with Crippen molar-refractivity contribution in [1.29, 1.82) is 0 Å². The van der Waals surface area contributed by atoms with Crippen molar-refractivity contribution in [2.75, 3.05) is 17.3 Å². The summed E-state index contributed by atoms with van der Waals surface area (Å²) < 4.78 is 18.9. The highest BCUT2D eigenvalue weighted by Gasteiger charge is 2.40. The fourth-order valence-electron chi connectivity index (χ4n) is 3.62. The molecule has 2 amide bonds. The number of halogens is 2. The SMILES string of the molecule is COc1ccc(C2=C(Nc3ccc(C)cc3C)C(=O)N(c3ccc(F)c(Cl)c3)C2=O)cc1. The van der Waals surface area contributed by atoms with Crippen LogP contribution >= 0.6 is 11.6 Å². The van der Waals surface area contributed by atoms with Crippen LogP contribution in [-0.4, -0.2) is 18.9 Å². The summed E-state index contributed by atoms with van der Waals surface area (Å²) in [7, 11) is 1.55. The molecule has 3 aromatic rings. The second kappa shape index (κ2) is 8.48. The average Bonchev–Trinajstić information content (AvgIpc) is 3.01. The number of aryl methyl sites for hydroxylation is 2. The van der Waals surface area contributed by atoms with Crippen LogP contribution in [-0.2, 0) is 9.59 Å². The van der Waals surface area contributed by atoms with Gasteiger partial charge in [-0.2, -0.15) is 0 Å². The Balaban J connectivity index is 1.83. The number of nitrogens with one attached hydrogen (secondary N) is 1. The lowest BCUT2D eigenvalue weighted by atomic mass is 10.0. The molecule has 0 bridgehead atoms. The maximum atomic E-state index is 13.7. The molecule has 0 atom stereocenters. The van der Waals surface area contributed by atoms with E-state index >= 15 is 0 Å². The number of nitrogens with zero attached hydrogens (tertiary/aromatic N) is 1. The van der Waals surface area contributed by atoms with Crippen molar-refractivity contribution in [3.63, 3.8) is 0 Å². The molecule has 1 aliphatic rings. The molecule has 1 aliphatic heterocycles. The van der Waals surface area contributed by atoms with Crippen molar-refractivity contribution >= 4 is 40.4 Å². The third-order valence-electron chi connectivity index (χ3n) is 5.27. The summed E-state index contributed by atoms with van der Waals surface area (Å²) in [6, 6.07) is 16.4. The van der Waals surface area contributed by atoms with Gasteiger partial charge in [-0.3, -0.25) is 9.59 Å². The van der Waals surface area contributed by atoms with Crippen LogP contribution in [0.1, 0.15) is 16.7 Å². The minimum absolute atomic E-state index is 0.132. The van der Waals surface area contributed by atoms with Gasteiger partial charge in [0.05, 0.1) is 23.4 Å². The summed E-state index contributed by atoms with van der Waals surface area (Å²) in [4.78, 5) is 27.9. The molecule has 3 aromatic carbocycles. The molecule has 0 saturated carbocycles. The summed E-state index contributed by atoms with van der Waals surface area (Å²) in [5.41, 5.74) is 3.79. The smallest absolute Gasteiger partial charge is 0.282 e. The Morgan fingerprint density at radius 3 is 2.28 bits per heavy atom. The maximum absolute atomic E-state index is 13.7. The molecule has 0 aromatic heterocycles. The van der Waals surface area contributed by atoms with Crippen LogP contribution in [0.2, 0.25) is 5.02 Å². The number of anilines is 2. The van der Waals surface area contributed by atoms with Crippen LogP contribution in [0.25, 0.3) is 5.57 Å². The number of imide groups is 1. The van der Waals surface area contributed by atoms with Gasteiger partial charge in [0.25, 0.3) is 11.8 Å². The normalized spacial score (nSPS) is 13.7.